The molecule has 0 saturated heterocycles. The van der Waals surface area contributed by atoms with Gasteiger partial charge in [0, 0.05) is 11.4 Å². The summed E-state index contributed by atoms with van der Waals surface area (Å²) in [6, 6.07) is 21.9. The van der Waals surface area contributed by atoms with E-state index >= 15 is 0 Å². The van der Waals surface area contributed by atoms with E-state index in [1.54, 1.807) is 24.3 Å². The van der Waals surface area contributed by atoms with Crippen LogP contribution >= 0.6 is 11.6 Å². The van der Waals surface area contributed by atoms with Gasteiger partial charge in [-0.05, 0) is 78.9 Å². The SMILES string of the molecule is O=S(=O)(Nc1ccc(S(=O)(=O)Nc2ccc(Cl)c(C(F)(F)F)c2)cc1)c1ccc(Oc2ccccc2)cc1. The molecule has 4 aromatic carbocycles. The van der Waals surface area contributed by atoms with Gasteiger partial charge in [0.2, 0.25) is 0 Å². The molecule has 7 nitrogen and oxygen atoms in total. The minimum Gasteiger partial charge on any atom is -0.457 e. The van der Waals surface area contributed by atoms with Crippen LogP contribution in [0.15, 0.2) is 107 Å². The fourth-order valence-electron chi connectivity index (χ4n) is 3.25. The number of para-hydroxylation sites is 1. The lowest BCUT2D eigenvalue weighted by Gasteiger charge is -2.13. The van der Waals surface area contributed by atoms with Gasteiger partial charge < -0.3 is 4.74 Å². The Morgan fingerprint density at radius 3 is 1.66 bits per heavy atom. The number of rotatable bonds is 8. The van der Waals surface area contributed by atoms with Gasteiger partial charge in [0.1, 0.15) is 11.5 Å². The third-order valence-electron chi connectivity index (χ3n) is 5.05. The summed E-state index contributed by atoms with van der Waals surface area (Å²) in [5.41, 5.74) is -1.46. The molecule has 0 aromatic heterocycles. The normalized spacial score (nSPS) is 12.1. The molecule has 0 aliphatic rings. The maximum Gasteiger partial charge on any atom is 0.417 e. The summed E-state index contributed by atoms with van der Waals surface area (Å²) in [7, 11) is -8.30. The first-order valence-electron chi connectivity index (χ1n) is 10.7. The van der Waals surface area contributed by atoms with Crippen LogP contribution in [0.25, 0.3) is 0 Å². The number of nitrogens with one attached hydrogen (secondary N) is 2. The van der Waals surface area contributed by atoms with Crippen molar-refractivity contribution in [3.05, 3.63) is 108 Å². The van der Waals surface area contributed by atoms with Gasteiger partial charge in [0.25, 0.3) is 20.0 Å². The van der Waals surface area contributed by atoms with Crippen LogP contribution in [-0.2, 0) is 26.2 Å². The van der Waals surface area contributed by atoms with E-state index in [1.807, 2.05) is 6.07 Å². The second-order valence-corrected chi connectivity index (χ2v) is 11.6. The van der Waals surface area contributed by atoms with Crippen molar-refractivity contribution in [2.45, 2.75) is 16.0 Å². The quantitative estimate of drug-likeness (QED) is 0.239. The van der Waals surface area contributed by atoms with Crippen molar-refractivity contribution in [3.8, 4) is 11.5 Å². The molecule has 0 aliphatic heterocycles. The van der Waals surface area contributed by atoms with Crippen molar-refractivity contribution < 1.29 is 34.7 Å². The summed E-state index contributed by atoms with van der Waals surface area (Å²) < 4.78 is 100. The molecular weight excluding hydrogens is 565 g/mol. The van der Waals surface area contributed by atoms with Crippen molar-refractivity contribution in [2.24, 2.45) is 0 Å². The molecule has 0 spiro atoms. The van der Waals surface area contributed by atoms with Crippen LogP contribution in [0, 0.1) is 0 Å². The molecule has 0 bridgehead atoms. The van der Waals surface area contributed by atoms with Gasteiger partial charge >= 0.3 is 6.18 Å². The predicted molar refractivity (Wildman–Crippen MR) is 137 cm³/mol. The summed E-state index contributed by atoms with van der Waals surface area (Å²) >= 11 is 5.56. The number of ether oxygens (including phenoxy) is 1. The Balaban J connectivity index is 1.46. The number of alkyl halides is 3. The Hall–Kier alpha value is -3.74. The van der Waals surface area contributed by atoms with Gasteiger partial charge in [0.15, 0.2) is 0 Å². The minimum absolute atomic E-state index is 0.0560. The largest absolute Gasteiger partial charge is 0.457 e. The van der Waals surface area contributed by atoms with E-state index in [-0.39, 0.29) is 21.2 Å². The van der Waals surface area contributed by atoms with E-state index in [9.17, 15) is 30.0 Å². The number of hydrogen-bond acceptors (Lipinski definition) is 5. The highest BCUT2D eigenvalue weighted by atomic mass is 35.5. The summed E-state index contributed by atoms with van der Waals surface area (Å²) in [6.07, 6.45) is -4.77. The number of benzene rings is 4. The molecule has 198 valence electrons. The van der Waals surface area contributed by atoms with Crippen LogP contribution < -0.4 is 14.2 Å². The van der Waals surface area contributed by atoms with E-state index < -0.39 is 36.8 Å². The molecule has 4 aromatic rings. The van der Waals surface area contributed by atoms with Crippen molar-refractivity contribution in [1.82, 2.24) is 0 Å². The first-order chi connectivity index (χ1) is 17.8. The number of halogens is 4. The molecule has 2 N–H and O–H groups in total. The Bertz CT molecular complexity index is 1650. The molecular formula is C25H18ClF3N2O5S2. The third-order valence-corrected chi connectivity index (χ3v) is 8.18. The van der Waals surface area contributed by atoms with E-state index in [0.717, 1.165) is 24.3 Å². The molecule has 0 atom stereocenters. The number of hydrogen-bond donors (Lipinski definition) is 2. The monoisotopic (exact) mass is 582 g/mol. The maximum absolute atomic E-state index is 13.1. The van der Waals surface area contributed by atoms with E-state index in [0.29, 0.717) is 17.6 Å². The summed E-state index contributed by atoms with van der Waals surface area (Å²) in [6.45, 7) is 0. The fraction of sp³-hybridized carbons (Fsp3) is 0.0400. The van der Waals surface area contributed by atoms with Crippen molar-refractivity contribution in [3.63, 3.8) is 0 Å². The third kappa shape index (κ3) is 6.57. The average Bonchev–Trinajstić information content (AvgIpc) is 2.85. The Morgan fingerprint density at radius 1 is 0.632 bits per heavy atom. The van der Waals surface area contributed by atoms with Gasteiger partial charge in [-0.25, -0.2) is 16.8 Å². The molecule has 0 unspecified atom stereocenters. The Labute approximate surface area is 222 Å². The van der Waals surface area contributed by atoms with Crippen molar-refractivity contribution >= 4 is 43.0 Å². The van der Waals surface area contributed by atoms with Crippen molar-refractivity contribution in [2.75, 3.05) is 9.44 Å². The highest BCUT2D eigenvalue weighted by Gasteiger charge is 2.33. The second kappa shape index (κ2) is 10.6. The van der Waals surface area contributed by atoms with E-state index in [1.165, 1.54) is 36.4 Å². The highest BCUT2D eigenvalue weighted by molar-refractivity contribution is 7.93. The van der Waals surface area contributed by atoms with Crippen LogP contribution in [-0.4, -0.2) is 16.8 Å². The lowest BCUT2D eigenvalue weighted by molar-refractivity contribution is -0.137. The molecule has 0 heterocycles. The summed E-state index contributed by atoms with van der Waals surface area (Å²) in [5, 5.41) is -0.574. The molecule has 4 rings (SSSR count). The summed E-state index contributed by atoms with van der Waals surface area (Å²) in [5.74, 6) is 1.02. The minimum atomic E-state index is -4.77. The zero-order valence-electron chi connectivity index (χ0n) is 19.1. The van der Waals surface area contributed by atoms with Gasteiger partial charge in [-0.2, -0.15) is 13.2 Å². The van der Waals surface area contributed by atoms with Crippen LogP contribution in [0.3, 0.4) is 0 Å². The number of sulfonamides is 2. The molecule has 0 fully saturated rings. The summed E-state index contributed by atoms with van der Waals surface area (Å²) in [4.78, 5) is -0.356. The lowest BCUT2D eigenvalue weighted by atomic mass is 10.2. The van der Waals surface area contributed by atoms with E-state index in [4.69, 9.17) is 16.3 Å². The zero-order chi connectivity index (χ0) is 27.6. The van der Waals surface area contributed by atoms with Gasteiger partial charge in [-0.3, -0.25) is 9.44 Å². The van der Waals surface area contributed by atoms with Gasteiger partial charge in [0.05, 0.1) is 20.4 Å². The van der Waals surface area contributed by atoms with Gasteiger partial charge in [-0.15, -0.1) is 0 Å². The van der Waals surface area contributed by atoms with Gasteiger partial charge in [-0.1, -0.05) is 29.8 Å². The second-order valence-electron chi connectivity index (χ2n) is 7.81. The molecule has 38 heavy (non-hydrogen) atoms. The Kier molecular flexibility index (Phi) is 7.58. The maximum atomic E-state index is 13.1. The molecule has 0 aliphatic carbocycles. The predicted octanol–water partition coefficient (Wildman–Crippen LogP) is 6.75. The molecule has 0 amide bonds. The van der Waals surface area contributed by atoms with Crippen molar-refractivity contribution in [1.29, 1.82) is 0 Å². The van der Waals surface area contributed by atoms with E-state index in [2.05, 4.69) is 9.44 Å². The van der Waals surface area contributed by atoms with Crippen LogP contribution in [0.4, 0.5) is 24.5 Å². The van der Waals surface area contributed by atoms with Crippen LogP contribution in [0.5, 0.6) is 11.5 Å². The lowest BCUT2D eigenvalue weighted by Crippen LogP contribution is -2.15. The molecule has 0 radical (unpaired) electrons. The molecule has 13 heteroatoms. The Morgan fingerprint density at radius 2 is 1.11 bits per heavy atom. The zero-order valence-corrected chi connectivity index (χ0v) is 21.5. The first kappa shape index (κ1) is 27.3. The average molecular weight is 583 g/mol. The topological polar surface area (TPSA) is 102 Å². The standard InChI is InChI=1S/C25H18ClF3N2O5S2/c26-24-15-8-18(16-23(24)25(27,28)29)31-38(34,35)21-11-6-17(7-12-21)30-37(32,33)22-13-9-20(10-14-22)36-19-4-2-1-3-5-19/h1-16,30-31H. The first-order valence-corrected chi connectivity index (χ1v) is 14.0. The van der Waals surface area contributed by atoms with Crippen LogP contribution in [0.2, 0.25) is 5.02 Å². The molecule has 0 saturated carbocycles. The number of anilines is 2. The van der Waals surface area contributed by atoms with Crippen LogP contribution in [0.1, 0.15) is 5.56 Å². The smallest absolute Gasteiger partial charge is 0.417 e. The highest BCUT2D eigenvalue weighted by Crippen LogP contribution is 2.36. The fourth-order valence-corrected chi connectivity index (χ4v) is 5.58.